The van der Waals surface area contributed by atoms with E-state index in [1.807, 2.05) is 48.9 Å². The number of H-pyrrole nitrogens is 1. The monoisotopic (exact) mass is 490 g/mol. The van der Waals surface area contributed by atoms with Gasteiger partial charge in [-0.15, -0.1) is 0 Å². The van der Waals surface area contributed by atoms with Crippen LogP contribution in [0, 0.1) is 0 Å². The molecule has 37 heavy (non-hydrogen) atoms. The fraction of sp³-hybridized carbons (Fsp3) is 0.179. The molecule has 9 heteroatoms. The van der Waals surface area contributed by atoms with Crippen LogP contribution >= 0.6 is 0 Å². The zero-order valence-corrected chi connectivity index (χ0v) is 20.3. The van der Waals surface area contributed by atoms with Gasteiger partial charge in [0, 0.05) is 53.3 Å². The van der Waals surface area contributed by atoms with E-state index in [-0.39, 0.29) is 12.1 Å². The van der Waals surface area contributed by atoms with Crippen LogP contribution in [-0.2, 0) is 4.79 Å². The minimum Gasteiger partial charge on any atom is -0.358 e. The Hall–Kier alpha value is -4.79. The number of hydrogen-bond acceptors (Lipinski definition) is 7. The third-order valence-corrected chi connectivity index (χ3v) is 6.49. The number of nitrogens with zero attached hydrogens (tertiary/aromatic N) is 4. The van der Waals surface area contributed by atoms with Gasteiger partial charge in [0.25, 0.3) is 0 Å². The van der Waals surface area contributed by atoms with Crippen molar-refractivity contribution in [1.82, 2.24) is 25.1 Å². The highest BCUT2D eigenvalue weighted by atomic mass is 16.1. The maximum absolute atomic E-state index is 12.2. The summed E-state index contributed by atoms with van der Waals surface area (Å²) in [5.41, 5.74) is 8.22. The van der Waals surface area contributed by atoms with E-state index < -0.39 is 0 Å². The summed E-state index contributed by atoms with van der Waals surface area (Å²) in [6.45, 7) is 2.07. The Kier molecular flexibility index (Phi) is 5.94. The van der Waals surface area contributed by atoms with E-state index in [0.717, 1.165) is 63.1 Å². The fourth-order valence-electron chi connectivity index (χ4n) is 4.60. The predicted octanol–water partition coefficient (Wildman–Crippen LogP) is 5.75. The van der Waals surface area contributed by atoms with Crippen molar-refractivity contribution in [3.05, 3.63) is 79.3 Å². The number of nitrogens with one attached hydrogen (secondary N) is 4. The maximum Gasteiger partial charge on any atom is 0.224 e. The first-order valence-corrected chi connectivity index (χ1v) is 12.3. The van der Waals surface area contributed by atoms with Crippen molar-refractivity contribution in [3.8, 4) is 22.3 Å². The Balaban J connectivity index is 1.29. The summed E-state index contributed by atoms with van der Waals surface area (Å²) < 4.78 is 0. The Morgan fingerprint density at radius 2 is 1.84 bits per heavy atom. The van der Waals surface area contributed by atoms with Gasteiger partial charge in [-0.1, -0.05) is 25.5 Å². The number of anilines is 3. The molecular formula is C28H26N8O. The number of benzene rings is 1. The number of pyridine rings is 3. The van der Waals surface area contributed by atoms with Gasteiger partial charge in [0.15, 0.2) is 0 Å². The number of unbranched alkanes of at least 4 members (excludes halogenated alkanes) is 1. The first-order chi connectivity index (χ1) is 18.2. The minimum absolute atomic E-state index is 0.00599. The zero-order valence-electron chi connectivity index (χ0n) is 20.3. The summed E-state index contributed by atoms with van der Waals surface area (Å²) in [4.78, 5) is 25.2. The summed E-state index contributed by atoms with van der Waals surface area (Å²) in [5, 5.41) is 18.8. The molecule has 0 saturated heterocycles. The molecule has 1 aromatic carbocycles. The van der Waals surface area contributed by atoms with Crippen molar-refractivity contribution >= 4 is 33.9 Å². The molecular weight excluding hydrogens is 464 g/mol. The van der Waals surface area contributed by atoms with E-state index in [2.05, 4.69) is 54.1 Å². The number of carbonyl (C=O) groups excluding carboxylic acids is 1. The van der Waals surface area contributed by atoms with Crippen molar-refractivity contribution in [1.29, 1.82) is 0 Å². The lowest BCUT2D eigenvalue weighted by Gasteiger charge is -2.11. The SMILES string of the molecule is CCCCC(=O)Nc1cncc(-c2ccc3[nH]nc(C4Nc5cncc(-c6cccnc6)c5N4)c3c2)c1. The molecule has 1 unspecified atom stereocenters. The molecule has 1 atom stereocenters. The van der Waals surface area contributed by atoms with Crippen molar-refractivity contribution in [2.45, 2.75) is 32.4 Å². The molecule has 0 bridgehead atoms. The normalized spacial score (nSPS) is 14.1. The molecule has 6 rings (SSSR count). The van der Waals surface area contributed by atoms with E-state index in [1.54, 1.807) is 18.6 Å². The Labute approximate surface area is 213 Å². The lowest BCUT2D eigenvalue weighted by molar-refractivity contribution is -0.116. The average Bonchev–Trinajstić information content (AvgIpc) is 3.56. The summed E-state index contributed by atoms with van der Waals surface area (Å²) >= 11 is 0. The Morgan fingerprint density at radius 3 is 2.70 bits per heavy atom. The summed E-state index contributed by atoms with van der Waals surface area (Å²) in [7, 11) is 0. The van der Waals surface area contributed by atoms with E-state index in [1.165, 1.54) is 0 Å². The van der Waals surface area contributed by atoms with Gasteiger partial charge in [0.2, 0.25) is 5.91 Å². The molecule has 1 aliphatic rings. The molecule has 5 aromatic rings. The molecule has 5 heterocycles. The van der Waals surface area contributed by atoms with Gasteiger partial charge in [-0.2, -0.15) is 5.10 Å². The zero-order chi connectivity index (χ0) is 25.2. The summed E-state index contributed by atoms with van der Waals surface area (Å²) in [6.07, 6.45) is 12.8. The molecule has 0 radical (unpaired) electrons. The van der Waals surface area contributed by atoms with Crippen LogP contribution in [0.4, 0.5) is 17.1 Å². The number of hydrogen-bond donors (Lipinski definition) is 4. The van der Waals surface area contributed by atoms with Gasteiger partial charge in [-0.25, -0.2) is 0 Å². The van der Waals surface area contributed by atoms with Crippen molar-refractivity contribution in [2.24, 2.45) is 0 Å². The lowest BCUT2D eigenvalue weighted by Crippen LogP contribution is -2.13. The quantitative estimate of drug-likeness (QED) is 0.229. The van der Waals surface area contributed by atoms with E-state index in [0.29, 0.717) is 12.1 Å². The number of aromatic nitrogens is 5. The Bertz CT molecular complexity index is 1580. The third kappa shape index (κ3) is 4.47. The first-order valence-electron chi connectivity index (χ1n) is 12.3. The number of aromatic amines is 1. The molecule has 0 aliphatic carbocycles. The smallest absolute Gasteiger partial charge is 0.224 e. The van der Waals surface area contributed by atoms with Gasteiger partial charge in [-0.05, 0) is 36.2 Å². The van der Waals surface area contributed by atoms with E-state index in [4.69, 9.17) is 0 Å². The van der Waals surface area contributed by atoms with Crippen LogP contribution in [0.3, 0.4) is 0 Å². The van der Waals surface area contributed by atoms with Crippen LogP contribution < -0.4 is 16.0 Å². The van der Waals surface area contributed by atoms with Crippen LogP contribution in [0.1, 0.15) is 38.0 Å². The fourth-order valence-corrected chi connectivity index (χ4v) is 4.60. The molecule has 9 nitrogen and oxygen atoms in total. The highest BCUT2D eigenvalue weighted by Crippen LogP contribution is 2.42. The third-order valence-electron chi connectivity index (χ3n) is 6.49. The molecule has 0 spiro atoms. The molecule has 1 amide bonds. The van der Waals surface area contributed by atoms with Crippen LogP contribution in [0.5, 0.6) is 0 Å². The van der Waals surface area contributed by atoms with E-state index in [9.17, 15) is 4.79 Å². The summed E-state index contributed by atoms with van der Waals surface area (Å²) in [6, 6.07) is 12.0. The Morgan fingerprint density at radius 1 is 0.946 bits per heavy atom. The number of amides is 1. The second-order valence-electron chi connectivity index (χ2n) is 9.06. The highest BCUT2D eigenvalue weighted by Gasteiger charge is 2.27. The molecule has 1 aliphatic heterocycles. The minimum atomic E-state index is -0.235. The lowest BCUT2D eigenvalue weighted by atomic mass is 10.0. The van der Waals surface area contributed by atoms with Crippen LogP contribution in [0.25, 0.3) is 33.2 Å². The number of fused-ring (bicyclic) bond motifs is 2. The van der Waals surface area contributed by atoms with Crippen LogP contribution in [0.15, 0.2) is 73.6 Å². The van der Waals surface area contributed by atoms with Gasteiger partial charge in [0.1, 0.15) is 11.9 Å². The molecule has 4 N–H and O–H groups in total. The maximum atomic E-state index is 12.2. The van der Waals surface area contributed by atoms with E-state index >= 15 is 0 Å². The molecule has 0 fully saturated rings. The van der Waals surface area contributed by atoms with Crippen molar-refractivity contribution < 1.29 is 4.79 Å². The topological polar surface area (TPSA) is 121 Å². The van der Waals surface area contributed by atoms with Crippen LogP contribution in [-0.4, -0.2) is 31.1 Å². The van der Waals surface area contributed by atoms with Gasteiger partial charge in [-0.3, -0.25) is 24.8 Å². The van der Waals surface area contributed by atoms with Gasteiger partial charge in [0.05, 0.1) is 35.0 Å². The van der Waals surface area contributed by atoms with Crippen molar-refractivity contribution in [3.63, 3.8) is 0 Å². The molecule has 0 saturated carbocycles. The number of carbonyl (C=O) groups is 1. The standard InChI is InChI=1S/C28H26N8O/c1-2-3-6-25(37)32-20-10-19(13-30-14-20)17-7-8-23-21(11-17)27(36-35-23)28-33-24-16-31-15-22(26(24)34-28)18-5-4-9-29-12-18/h4-5,7-16,28,33-34H,2-3,6H2,1H3,(H,32,37)(H,35,36). The first kappa shape index (κ1) is 22.7. The highest BCUT2D eigenvalue weighted by molar-refractivity contribution is 5.93. The van der Waals surface area contributed by atoms with Crippen molar-refractivity contribution in [2.75, 3.05) is 16.0 Å². The number of rotatable bonds is 7. The van der Waals surface area contributed by atoms with Crippen LogP contribution in [0.2, 0.25) is 0 Å². The second kappa shape index (κ2) is 9.69. The average molecular weight is 491 g/mol. The second-order valence-corrected chi connectivity index (χ2v) is 9.06. The molecule has 184 valence electrons. The van der Waals surface area contributed by atoms with Gasteiger partial charge < -0.3 is 16.0 Å². The summed E-state index contributed by atoms with van der Waals surface area (Å²) in [5.74, 6) is 0.00599. The van der Waals surface area contributed by atoms with Gasteiger partial charge >= 0.3 is 0 Å². The predicted molar refractivity (Wildman–Crippen MR) is 145 cm³/mol. The largest absolute Gasteiger partial charge is 0.358 e. The molecule has 4 aromatic heterocycles.